The summed E-state index contributed by atoms with van der Waals surface area (Å²) in [5.41, 5.74) is 5.34. The zero-order chi connectivity index (χ0) is 16.5. The van der Waals surface area contributed by atoms with Crippen LogP contribution in [0.1, 0.15) is 19.3 Å². The first-order valence-corrected chi connectivity index (χ1v) is 5.85. The number of unbranched alkanes of at least 4 members (excludes halogenated alkanes) is 2. The van der Waals surface area contributed by atoms with Crippen molar-refractivity contribution in [3.05, 3.63) is 22.5 Å². The van der Waals surface area contributed by atoms with Gasteiger partial charge >= 0.3 is 18.1 Å². The van der Waals surface area contributed by atoms with Crippen molar-refractivity contribution >= 4 is 11.9 Å². The molecule has 120 valence electrons. The molecule has 1 rings (SSSR count). The predicted octanol–water partition coefficient (Wildman–Crippen LogP) is 1.55. The number of imidazole rings is 1. The molecule has 0 aliphatic rings. The highest BCUT2D eigenvalue weighted by Crippen LogP contribution is 2.13. The van der Waals surface area contributed by atoms with Gasteiger partial charge in [-0.25, -0.2) is 9.36 Å². The Morgan fingerprint density at radius 3 is 2.43 bits per heavy atom. The second kappa shape index (κ2) is 8.89. The van der Waals surface area contributed by atoms with Gasteiger partial charge in [0.25, 0.3) is 0 Å². The molecule has 0 atom stereocenters. The van der Waals surface area contributed by atoms with E-state index in [1.54, 1.807) is 10.8 Å². The first-order chi connectivity index (χ1) is 9.70. The molecule has 1 heterocycles. The van der Waals surface area contributed by atoms with Gasteiger partial charge in [-0.1, -0.05) is 4.98 Å². The highest BCUT2D eigenvalue weighted by Gasteiger charge is 2.38. The van der Waals surface area contributed by atoms with E-state index in [2.05, 4.69) is 4.98 Å². The molecule has 0 fully saturated rings. The number of carbonyl (C=O) groups is 1. The van der Waals surface area contributed by atoms with Gasteiger partial charge in [0.15, 0.2) is 0 Å². The van der Waals surface area contributed by atoms with E-state index in [9.17, 15) is 23.3 Å². The normalized spacial score (nSPS) is 10.7. The monoisotopic (exact) mass is 312 g/mol. The second-order valence-electron chi connectivity index (χ2n) is 3.83. The van der Waals surface area contributed by atoms with Crippen molar-refractivity contribution in [2.45, 2.75) is 32.0 Å². The third kappa shape index (κ3) is 7.87. The Kier molecular flexibility index (Phi) is 7.97. The van der Waals surface area contributed by atoms with E-state index in [0.29, 0.717) is 13.1 Å². The topological polar surface area (TPSA) is 124 Å². The summed E-state index contributed by atoms with van der Waals surface area (Å²) in [4.78, 5) is 22.6. The van der Waals surface area contributed by atoms with Crippen molar-refractivity contribution in [3.8, 4) is 0 Å². The maximum absolute atomic E-state index is 10.6. The Hall–Kier alpha value is -2.17. The van der Waals surface area contributed by atoms with Gasteiger partial charge in [0.1, 0.15) is 12.4 Å². The Bertz CT molecular complexity index is 461. The van der Waals surface area contributed by atoms with Crippen LogP contribution in [-0.2, 0) is 11.3 Å². The molecule has 0 unspecified atom stereocenters. The van der Waals surface area contributed by atoms with Crippen LogP contribution in [0.4, 0.5) is 19.1 Å². The van der Waals surface area contributed by atoms with Crippen LogP contribution in [0.25, 0.3) is 0 Å². The lowest BCUT2D eigenvalue weighted by Crippen LogP contribution is -2.21. The van der Waals surface area contributed by atoms with Crippen molar-refractivity contribution in [3.63, 3.8) is 0 Å². The maximum Gasteiger partial charge on any atom is 0.490 e. The molecule has 11 heteroatoms. The average Bonchev–Trinajstić information content (AvgIpc) is 2.82. The van der Waals surface area contributed by atoms with E-state index in [-0.39, 0.29) is 5.95 Å². The molecule has 3 N–H and O–H groups in total. The minimum atomic E-state index is -5.08. The van der Waals surface area contributed by atoms with E-state index in [1.807, 2.05) is 0 Å². The zero-order valence-electron chi connectivity index (χ0n) is 10.9. The summed E-state index contributed by atoms with van der Waals surface area (Å²) in [5.74, 6) is -2.84. The van der Waals surface area contributed by atoms with E-state index in [1.165, 1.54) is 6.20 Å². The highest BCUT2D eigenvalue weighted by molar-refractivity contribution is 5.73. The van der Waals surface area contributed by atoms with Crippen molar-refractivity contribution < 1.29 is 28.0 Å². The number of nitrogens with zero attached hydrogens (tertiary/aromatic N) is 3. The van der Waals surface area contributed by atoms with Crippen molar-refractivity contribution in [2.75, 3.05) is 6.54 Å². The van der Waals surface area contributed by atoms with Crippen LogP contribution in [0.5, 0.6) is 0 Å². The number of aromatic nitrogens is 2. The summed E-state index contributed by atoms with van der Waals surface area (Å²) in [6.45, 7) is 1.31. The number of carboxylic acid groups (broad SMARTS) is 1. The van der Waals surface area contributed by atoms with Crippen molar-refractivity contribution in [2.24, 2.45) is 5.73 Å². The minimum absolute atomic E-state index is 0.0854. The molecule has 0 bridgehead atoms. The number of hydrogen-bond acceptors (Lipinski definition) is 5. The van der Waals surface area contributed by atoms with Crippen molar-refractivity contribution in [1.29, 1.82) is 0 Å². The summed E-state index contributed by atoms with van der Waals surface area (Å²) >= 11 is 0. The lowest BCUT2D eigenvalue weighted by molar-refractivity contribution is -0.396. The van der Waals surface area contributed by atoms with Crippen LogP contribution in [-0.4, -0.2) is 38.3 Å². The lowest BCUT2D eigenvalue weighted by Gasteiger charge is -2.00. The molecule has 0 amide bonds. The number of aryl methyl sites for hydroxylation is 1. The Morgan fingerprint density at radius 2 is 2.00 bits per heavy atom. The molecule has 0 aliphatic heterocycles. The van der Waals surface area contributed by atoms with Crippen LogP contribution in [0, 0.1) is 10.1 Å². The molecule has 8 nitrogen and oxygen atoms in total. The molecule has 0 spiro atoms. The van der Waals surface area contributed by atoms with Crippen LogP contribution >= 0.6 is 0 Å². The van der Waals surface area contributed by atoms with E-state index < -0.39 is 17.1 Å². The largest absolute Gasteiger partial charge is 0.490 e. The first-order valence-electron chi connectivity index (χ1n) is 5.85. The van der Waals surface area contributed by atoms with E-state index in [4.69, 9.17) is 15.6 Å². The molecule has 0 saturated heterocycles. The highest BCUT2D eigenvalue weighted by atomic mass is 19.4. The van der Waals surface area contributed by atoms with Gasteiger partial charge in [0.05, 0.1) is 6.54 Å². The molecule has 0 radical (unpaired) electrons. The van der Waals surface area contributed by atoms with Gasteiger partial charge in [-0.2, -0.15) is 13.2 Å². The smallest absolute Gasteiger partial charge is 0.475 e. The predicted molar refractivity (Wildman–Crippen MR) is 65.5 cm³/mol. The summed E-state index contributed by atoms with van der Waals surface area (Å²) in [7, 11) is 0. The molecule has 21 heavy (non-hydrogen) atoms. The maximum atomic E-state index is 10.6. The molecule has 0 saturated carbocycles. The number of halogens is 3. The summed E-state index contributed by atoms with van der Waals surface area (Å²) in [6, 6.07) is 0. The quantitative estimate of drug-likeness (QED) is 0.466. The van der Waals surface area contributed by atoms with Gasteiger partial charge < -0.3 is 21.0 Å². The fourth-order valence-electron chi connectivity index (χ4n) is 1.25. The Labute approximate surface area is 117 Å². The second-order valence-corrected chi connectivity index (χ2v) is 3.83. The van der Waals surface area contributed by atoms with Gasteiger partial charge in [0.2, 0.25) is 0 Å². The number of nitro groups is 1. The first kappa shape index (κ1) is 18.8. The number of carboxylic acids is 1. The molecule has 1 aromatic rings. The number of rotatable bonds is 6. The number of nitrogens with two attached hydrogens (primary N) is 1. The number of hydrogen-bond donors (Lipinski definition) is 2. The van der Waals surface area contributed by atoms with Crippen LogP contribution in [0.15, 0.2) is 12.4 Å². The molecule has 0 aliphatic carbocycles. The molecule has 0 aromatic carbocycles. The fourth-order valence-corrected chi connectivity index (χ4v) is 1.25. The summed E-state index contributed by atoms with van der Waals surface area (Å²) < 4.78 is 33.3. The molecular weight excluding hydrogens is 297 g/mol. The van der Waals surface area contributed by atoms with E-state index >= 15 is 0 Å². The fraction of sp³-hybridized carbons (Fsp3) is 0.600. The summed E-state index contributed by atoms with van der Waals surface area (Å²) in [5, 5.41) is 17.6. The minimum Gasteiger partial charge on any atom is -0.475 e. The van der Waals surface area contributed by atoms with Crippen molar-refractivity contribution in [1.82, 2.24) is 9.55 Å². The molecular formula is C10H15F3N4O4. The van der Waals surface area contributed by atoms with Gasteiger partial charge in [-0.3, -0.25) is 0 Å². The van der Waals surface area contributed by atoms with Crippen LogP contribution in [0.3, 0.4) is 0 Å². The number of aliphatic carboxylic acids is 1. The standard InChI is InChI=1S/C8H14N4O2.C2HF3O2/c9-4-2-1-3-6-11-7-5-10-8(11)12(13)14;3-2(4,5)1(6)7/h5,7H,1-4,6,9H2;(H,6,7). The van der Waals surface area contributed by atoms with Gasteiger partial charge in [-0.15, -0.1) is 0 Å². The van der Waals surface area contributed by atoms with Crippen LogP contribution < -0.4 is 5.73 Å². The van der Waals surface area contributed by atoms with E-state index in [0.717, 1.165) is 19.3 Å². The molecule has 1 aromatic heterocycles. The third-order valence-corrected chi connectivity index (χ3v) is 2.20. The SMILES string of the molecule is NCCCCCn1ccnc1[N+](=O)[O-].O=C(O)C(F)(F)F. The third-order valence-electron chi connectivity index (χ3n) is 2.20. The van der Waals surface area contributed by atoms with Crippen LogP contribution in [0.2, 0.25) is 0 Å². The summed E-state index contributed by atoms with van der Waals surface area (Å²) in [6.07, 6.45) is 0.838. The zero-order valence-corrected chi connectivity index (χ0v) is 10.9. The van der Waals surface area contributed by atoms with Gasteiger partial charge in [0, 0.05) is 0 Å². The van der Waals surface area contributed by atoms with Gasteiger partial charge in [-0.05, 0) is 30.7 Å². The lowest BCUT2D eigenvalue weighted by atomic mass is 10.2. The average molecular weight is 312 g/mol. The number of alkyl halides is 3. The Balaban J connectivity index is 0.000000486. The Morgan fingerprint density at radius 1 is 1.43 bits per heavy atom.